The van der Waals surface area contributed by atoms with Gasteiger partial charge in [-0.2, -0.15) is 0 Å². The van der Waals surface area contributed by atoms with Crippen molar-refractivity contribution in [1.29, 1.82) is 0 Å². The topological polar surface area (TPSA) is 75.7 Å². The Morgan fingerprint density at radius 2 is 1.65 bits per heavy atom. The molecule has 0 bridgehead atoms. The maximum atomic E-state index is 13.5. The van der Waals surface area contributed by atoms with Gasteiger partial charge in [-0.3, -0.25) is 9.10 Å². The van der Waals surface area contributed by atoms with Gasteiger partial charge in [-0.05, 0) is 47.5 Å². The Bertz CT molecular complexity index is 1460. The number of para-hydroxylation sites is 2. The number of nitrogens with zero attached hydrogens (tertiary/aromatic N) is 1. The zero-order chi connectivity index (χ0) is 23.7. The monoisotopic (exact) mass is 472 g/mol. The molecule has 0 aliphatic carbocycles. The maximum absolute atomic E-state index is 13.5. The molecule has 0 saturated carbocycles. The number of ether oxygens (including phenoxy) is 1. The van der Waals surface area contributed by atoms with Crippen molar-refractivity contribution in [2.24, 2.45) is 0 Å². The van der Waals surface area contributed by atoms with Gasteiger partial charge in [-0.25, -0.2) is 8.42 Å². The van der Waals surface area contributed by atoms with E-state index in [1.165, 1.54) is 4.31 Å². The van der Waals surface area contributed by atoms with Crippen LogP contribution in [0.4, 0.5) is 5.69 Å². The van der Waals surface area contributed by atoms with Gasteiger partial charge in [0.25, 0.3) is 15.9 Å². The van der Waals surface area contributed by atoms with Crippen LogP contribution in [-0.2, 0) is 21.4 Å². The number of hydrogen-bond donors (Lipinski definition) is 1. The Hall–Kier alpha value is -3.84. The highest BCUT2D eigenvalue weighted by atomic mass is 32.2. The molecule has 5 rings (SSSR count). The maximum Gasteiger partial charge on any atom is 0.264 e. The molecule has 34 heavy (non-hydrogen) atoms. The van der Waals surface area contributed by atoms with E-state index in [4.69, 9.17) is 4.74 Å². The van der Waals surface area contributed by atoms with Gasteiger partial charge in [0.2, 0.25) is 0 Å². The zero-order valence-corrected chi connectivity index (χ0v) is 19.5. The molecule has 4 aromatic rings. The molecule has 0 saturated heterocycles. The zero-order valence-electron chi connectivity index (χ0n) is 18.6. The van der Waals surface area contributed by atoms with E-state index in [-0.39, 0.29) is 17.3 Å². The van der Waals surface area contributed by atoms with Gasteiger partial charge < -0.3 is 10.1 Å². The lowest BCUT2D eigenvalue weighted by Gasteiger charge is -2.34. The quantitative estimate of drug-likeness (QED) is 0.467. The van der Waals surface area contributed by atoms with Crippen molar-refractivity contribution in [2.45, 2.75) is 24.5 Å². The number of nitrogens with one attached hydrogen (secondary N) is 1. The first-order valence-corrected chi connectivity index (χ1v) is 12.5. The molecule has 1 atom stereocenters. The predicted octanol–water partition coefficient (Wildman–Crippen LogP) is 4.42. The average Bonchev–Trinajstić information content (AvgIpc) is 2.86. The van der Waals surface area contributed by atoms with Crippen molar-refractivity contribution >= 4 is 32.4 Å². The van der Waals surface area contributed by atoms with E-state index in [0.29, 0.717) is 18.0 Å². The second-order valence-electron chi connectivity index (χ2n) is 8.28. The van der Waals surface area contributed by atoms with E-state index in [1.807, 2.05) is 49.4 Å². The van der Waals surface area contributed by atoms with Crippen LogP contribution >= 0.6 is 0 Å². The lowest BCUT2D eigenvalue weighted by atomic mass is 10.0. The molecule has 172 valence electrons. The molecule has 0 aromatic heterocycles. The second kappa shape index (κ2) is 8.83. The Balaban J connectivity index is 1.41. The summed E-state index contributed by atoms with van der Waals surface area (Å²) in [6, 6.07) is 27.5. The molecule has 1 heterocycles. The highest BCUT2D eigenvalue weighted by molar-refractivity contribution is 7.92. The van der Waals surface area contributed by atoms with Gasteiger partial charge in [0.1, 0.15) is 5.75 Å². The molecule has 4 aromatic carbocycles. The van der Waals surface area contributed by atoms with Crippen molar-refractivity contribution in [3.8, 4) is 5.75 Å². The SMILES string of the molecule is Cc1ccc(S(=O)(=O)N2C[C@@H](C(=O)NCc3cccc4ccccc34)Oc3ccccc32)cc1. The van der Waals surface area contributed by atoms with Crippen LogP contribution in [0.25, 0.3) is 10.8 Å². The lowest BCUT2D eigenvalue weighted by molar-refractivity contribution is -0.127. The van der Waals surface area contributed by atoms with Crippen LogP contribution in [-0.4, -0.2) is 27.0 Å². The van der Waals surface area contributed by atoms with Gasteiger partial charge in [0, 0.05) is 6.54 Å². The van der Waals surface area contributed by atoms with Crippen LogP contribution in [0.5, 0.6) is 5.75 Å². The summed E-state index contributed by atoms with van der Waals surface area (Å²) in [5.41, 5.74) is 2.36. The Kier molecular flexibility index (Phi) is 5.71. The second-order valence-corrected chi connectivity index (χ2v) is 10.1. The highest BCUT2D eigenvalue weighted by Gasteiger charge is 2.37. The van der Waals surface area contributed by atoms with E-state index in [0.717, 1.165) is 21.9 Å². The van der Waals surface area contributed by atoms with Crippen molar-refractivity contribution in [1.82, 2.24) is 5.32 Å². The largest absolute Gasteiger partial charge is 0.476 e. The minimum Gasteiger partial charge on any atom is -0.476 e. The van der Waals surface area contributed by atoms with Gasteiger partial charge in [0.05, 0.1) is 17.1 Å². The van der Waals surface area contributed by atoms with Crippen LogP contribution in [0.1, 0.15) is 11.1 Å². The number of rotatable bonds is 5. The third-order valence-electron chi connectivity index (χ3n) is 5.97. The third-order valence-corrected chi connectivity index (χ3v) is 7.76. The molecule has 0 fully saturated rings. The fraction of sp³-hybridized carbons (Fsp3) is 0.148. The summed E-state index contributed by atoms with van der Waals surface area (Å²) in [5.74, 6) is -0.0127. The molecule has 1 aliphatic heterocycles. The fourth-order valence-electron chi connectivity index (χ4n) is 4.15. The van der Waals surface area contributed by atoms with Crippen LogP contribution in [0.2, 0.25) is 0 Å². The molecule has 0 spiro atoms. The molecular weight excluding hydrogens is 448 g/mol. The van der Waals surface area contributed by atoms with Gasteiger partial charge in [-0.15, -0.1) is 0 Å². The summed E-state index contributed by atoms with van der Waals surface area (Å²) in [6.07, 6.45) is -0.981. The van der Waals surface area contributed by atoms with E-state index < -0.39 is 16.1 Å². The number of fused-ring (bicyclic) bond motifs is 2. The summed E-state index contributed by atoms with van der Waals surface area (Å²) in [4.78, 5) is 13.3. The number of sulfonamides is 1. The number of hydrogen-bond acceptors (Lipinski definition) is 4. The van der Waals surface area contributed by atoms with E-state index in [9.17, 15) is 13.2 Å². The van der Waals surface area contributed by atoms with Crippen LogP contribution in [0.15, 0.2) is 95.9 Å². The van der Waals surface area contributed by atoms with Crippen LogP contribution < -0.4 is 14.4 Å². The predicted molar refractivity (Wildman–Crippen MR) is 132 cm³/mol. The summed E-state index contributed by atoms with van der Waals surface area (Å²) >= 11 is 0. The molecule has 0 unspecified atom stereocenters. The number of anilines is 1. The first-order chi connectivity index (χ1) is 16.4. The molecule has 7 heteroatoms. The minimum absolute atomic E-state index is 0.116. The highest BCUT2D eigenvalue weighted by Crippen LogP contribution is 2.36. The minimum atomic E-state index is -3.88. The smallest absolute Gasteiger partial charge is 0.264 e. The van der Waals surface area contributed by atoms with E-state index in [2.05, 4.69) is 5.32 Å². The Morgan fingerprint density at radius 1 is 0.941 bits per heavy atom. The van der Waals surface area contributed by atoms with Crippen molar-refractivity contribution in [3.05, 3.63) is 102 Å². The summed E-state index contributed by atoms with van der Waals surface area (Å²) in [7, 11) is -3.88. The van der Waals surface area contributed by atoms with Gasteiger partial charge in [0.15, 0.2) is 6.10 Å². The third kappa shape index (κ3) is 4.10. The van der Waals surface area contributed by atoms with Crippen LogP contribution in [0.3, 0.4) is 0 Å². The first kappa shape index (κ1) is 22.0. The Labute approximate surface area is 198 Å². The van der Waals surface area contributed by atoms with Crippen molar-refractivity contribution in [3.63, 3.8) is 0 Å². The van der Waals surface area contributed by atoms with Gasteiger partial charge >= 0.3 is 0 Å². The normalized spacial score (nSPS) is 15.4. The van der Waals surface area contributed by atoms with Crippen LogP contribution in [0, 0.1) is 6.92 Å². The molecular formula is C27H24N2O4S. The van der Waals surface area contributed by atoms with E-state index >= 15 is 0 Å². The molecule has 1 N–H and O–H groups in total. The van der Waals surface area contributed by atoms with Gasteiger partial charge in [-0.1, -0.05) is 72.3 Å². The lowest BCUT2D eigenvalue weighted by Crippen LogP contribution is -2.50. The molecule has 0 radical (unpaired) electrons. The average molecular weight is 473 g/mol. The molecule has 1 aliphatic rings. The molecule has 1 amide bonds. The Morgan fingerprint density at radius 3 is 2.47 bits per heavy atom. The first-order valence-electron chi connectivity index (χ1n) is 11.0. The number of carbonyl (C=O) groups is 1. The fourth-order valence-corrected chi connectivity index (χ4v) is 5.62. The summed E-state index contributed by atoms with van der Waals surface area (Å²) < 4.78 is 34.2. The van der Waals surface area contributed by atoms with Crippen molar-refractivity contribution in [2.75, 3.05) is 10.8 Å². The number of carbonyl (C=O) groups excluding carboxylic acids is 1. The number of aryl methyl sites for hydroxylation is 1. The van der Waals surface area contributed by atoms with E-state index in [1.54, 1.807) is 48.5 Å². The molecule has 6 nitrogen and oxygen atoms in total. The number of amides is 1. The van der Waals surface area contributed by atoms with Crippen molar-refractivity contribution < 1.29 is 17.9 Å². The standard InChI is InChI=1S/C27H24N2O4S/c1-19-13-15-22(16-14-19)34(31,32)29-18-26(33-25-12-5-4-11-24(25)29)27(30)28-17-21-9-6-8-20-7-2-3-10-23(20)21/h2-16,26H,17-18H2,1H3,(H,28,30)/t26-/m0/s1. The number of benzene rings is 4. The summed E-state index contributed by atoms with van der Waals surface area (Å²) in [5, 5.41) is 5.07. The summed E-state index contributed by atoms with van der Waals surface area (Å²) in [6.45, 7) is 2.09.